The predicted octanol–water partition coefficient (Wildman–Crippen LogP) is -2.35. The number of carboxylic acid groups (broad SMARTS) is 2. The van der Waals surface area contributed by atoms with Crippen LogP contribution in [0.2, 0.25) is 0 Å². The summed E-state index contributed by atoms with van der Waals surface area (Å²) in [4.78, 5) is 18.2. The predicted molar refractivity (Wildman–Crippen MR) is 40.5 cm³/mol. The Kier molecular flexibility index (Phi) is 14.7. The van der Waals surface area contributed by atoms with E-state index in [9.17, 15) is 0 Å². The van der Waals surface area contributed by atoms with Crippen molar-refractivity contribution in [3.05, 3.63) is 0 Å². The van der Waals surface area contributed by atoms with Crippen molar-refractivity contribution in [1.29, 1.82) is 0 Å². The van der Waals surface area contributed by atoms with Crippen molar-refractivity contribution in [3.63, 3.8) is 0 Å². The number of hydrogen-bond donors (Lipinski definition) is 6. The van der Waals surface area contributed by atoms with Crippen molar-refractivity contribution in [3.8, 4) is 0 Å². The second kappa shape index (κ2) is 10.8. The van der Waals surface area contributed by atoms with Gasteiger partial charge >= 0.3 is 11.9 Å². The number of aliphatic carboxylic acids is 2. The summed E-state index contributed by atoms with van der Waals surface area (Å²) in [6, 6.07) is 0. The molecule has 13 heavy (non-hydrogen) atoms. The molecule has 0 aliphatic rings. The summed E-state index contributed by atoms with van der Waals surface area (Å²) >= 11 is 0. The summed E-state index contributed by atoms with van der Waals surface area (Å²) in [5.74, 6) is -3.65. The fraction of sp³-hybridized carbons (Fsp3) is 0.600. The lowest BCUT2D eigenvalue weighted by molar-refractivity contribution is -0.159. The molecule has 0 saturated carbocycles. The van der Waals surface area contributed by atoms with E-state index in [0.717, 1.165) is 0 Å². The van der Waals surface area contributed by atoms with Crippen molar-refractivity contribution < 1.29 is 35.1 Å². The second-order valence-corrected chi connectivity index (χ2v) is 1.63. The average Bonchev–Trinajstić information content (AvgIpc) is 2.04. The minimum Gasteiger partial charge on any atom is -0.473 e. The number of carboxylic acids is 2. The van der Waals surface area contributed by atoms with Gasteiger partial charge in [0.2, 0.25) is 0 Å². The summed E-state index contributed by atoms with van der Waals surface area (Å²) in [6.07, 6.45) is -0.954. The maximum absolute atomic E-state index is 9.10. The third-order valence-corrected chi connectivity index (χ3v) is 0.604. The molecule has 8 N–H and O–H groups in total. The highest BCUT2D eigenvalue weighted by molar-refractivity contribution is 6.27. The van der Waals surface area contributed by atoms with Crippen molar-refractivity contribution >= 4 is 11.9 Å². The Bertz CT molecular complexity index is 132. The number of carbonyl (C=O) groups is 2. The summed E-state index contributed by atoms with van der Waals surface area (Å²) in [5, 5.41) is 38.8. The van der Waals surface area contributed by atoms with Crippen LogP contribution in [0.5, 0.6) is 0 Å². The van der Waals surface area contributed by atoms with E-state index in [2.05, 4.69) is 0 Å². The Morgan fingerprint density at radius 2 is 1.23 bits per heavy atom. The molecule has 0 atom stereocenters. The van der Waals surface area contributed by atoms with Crippen LogP contribution in [0.3, 0.4) is 0 Å². The van der Waals surface area contributed by atoms with E-state index in [-0.39, 0.29) is 19.4 Å². The molecule has 0 saturated heterocycles. The van der Waals surface area contributed by atoms with E-state index in [4.69, 9.17) is 35.1 Å². The first kappa shape index (κ1) is 17.8. The van der Waals surface area contributed by atoms with Gasteiger partial charge in [-0.05, 0) is 0 Å². The molecule has 0 bridgehead atoms. The van der Waals surface area contributed by atoms with E-state index >= 15 is 0 Å². The van der Waals surface area contributed by atoms with Gasteiger partial charge in [0.25, 0.3) is 0 Å². The van der Waals surface area contributed by atoms with Crippen LogP contribution in [-0.2, 0) is 9.59 Å². The van der Waals surface area contributed by atoms with Crippen LogP contribution in [-0.4, -0.2) is 56.8 Å². The summed E-state index contributed by atoms with van der Waals surface area (Å²) < 4.78 is 0. The molecule has 0 radical (unpaired) electrons. The summed E-state index contributed by atoms with van der Waals surface area (Å²) in [6.45, 7) is -0.729. The Hall–Kier alpha value is -1.22. The van der Waals surface area contributed by atoms with Crippen molar-refractivity contribution in [2.75, 3.05) is 13.2 Å². The number of rotatable bonds is 2. The zero-order valence-electron chi connectivity index (χ0n) is 6.75. The van der Waals surface area contributed by atoms with Crippen molar-refractivity contribution in [2.45, 2.75) is 6.10 Å². The molecule has 80 valence electrons. The zero-order chi connectivity index (χ0) is 10.1. The molecule has 8 heteroatoms. The van der Waals surface area contributed by atoms with Gasteiger partial charge in [0.15, 0.2) is 0 Å². The smallest absolute Gasteiger partial charge is 0.414 e. The maximum Gasteiger partial charge on any atom is 0.414 e. The quantitative estimate of drug-likeness (QED) is 0.268. The van der Waals surface area contributed by atoms with Crippen LogP contribution in [0.25, 0.3) is 0 Å². The minimum atomic E-state index is -1.82. The minimum absolute atomic E-state index is 0. The van der Waals surface area contributed by atoms with Crippen LogP contribution < -0.4 is 6.15 Å². The molecular weight excluding hydrogens is 186 g/mol. The molecule has 0 aromatic carbocycles. The maximum atomic E-state index is 9.10. The standard InChI is InChI=1S/C3H8O3.C2H2O4.H3N/c4-1-3(6)2-5;3-1(4)2(5)6;/h3-6H,1-2H2;(H,3,4)(H,5,6);1H3. The summed E-state index contributed by atoms with van der Waals surface area (Å²) in [7, 11) is 0. The van der Waals surface area contributed by atoms with Gasteiger partial charge in [-0.25, -0.2) is 9.59 Å². The first-order chi connectivity index (χ1) is 5.45. The molecular formula is C5H13NO7. The molecule has 0 heterocycles. The van der Waals surface area contributed by atoms with Crippen LogP contribution in [0.15, 0.2) is 0 Å². The van der Waals surface area contributed by atoms with Crippen molar-refractivity contribution in [2.24, 2.45) is 0 Å². The fourth-order valence-corrected chi connectivity index (χ4v) is 0.0577. The molecule has 0 rings (SSSR count). The lowest BCUT2D eigenvalue weighted by atomic mass is 10.4. The Morgan fingerprint density at radius 3 is 1.23 bits per heavy atom. The van der Waals surface area contributed by atoms with Gasteiger partial charge < -0.3 is 31.7 Å². The third kappa shape index (κ3) is 18.1. The number of hydrogen-bond acceptors (Lipinski definition) is 6. The van der Waals surface area contributed by atoms with Crippen LogP contribution in [0.4, 0.5) is 0 Å². The lowest BCUT2D eigenvalue weighted by Crippen LogP contribution is -2.15. The first-order valence-electron chi connectivity index (χ1n) is 2.81. The highest BCUT2D eigenvalue weighted by Gasteiger charge is 2.04. The molecule has 0 aromatic rings. The monoisotopic (exact) mass is 199 g/mol. The highest BCUT2D eigenvalue weighted by atomic mass is 16.4. The van der Waals surface area contributed by atoms with Crippen molar-refractivity contribution in [1.82, 2.24) is 6.15 Å². The highest BCUT2D eigenvalue weighted by Crippen LogP contribution is 1.71. The fourth-order valence-electron chi connectivity index (χ4n) is 0.0577. The van der Waals surface area contributed by atoms with E-state index < -0.39 is 18.0 Å². The van der Waals surface area contributed by atoms with Gasteiger partial charge in [-0.1, -0.05) is 0 Å². The first-order valence-corrected chi connectivity index (χ1v) is 2.81. The van der Waals surface area contributed by atoms with Gasteiger partial charge in [-0.15, -0.1) is 0 Å². The Balaban J connectivity index is -0.000000143. The number of aliphatic hydroxyl groups is 3. The molecule has 0 aliphatic carbocycles. The van der Waals surface area contributed by atoms with Crippen LogP contribution in [0.1, 0.15) is 0 Å². The van der Waals surface area contributed by atoms with Gasteiger partial charge in [0.05, 0.1) is 13.2 Å². The molecule has 0 fully saturated rings. The third-order valence-electron chi connectivity index (χ3n) is 0.604. The zero-order valence-corrected chi connectivity index (χ0v) is 6.75. The lowest BCUT2D eigenvalue weighted by Gasteiger charge is -1.96. The van der Waals surface area contributed by atoms with Gasteiger partial charge in [0.1, 0.15) is 6.10 Å². The molecule has 8 nitrogen and oxygen atoms in total. The molecule has 0 spiro atoms. The normalized spacial score (nSPS) is 8.00. The Morgan fingerprint density at radius 1 is 1.00 bits per heavy atom. The van der Waals surface area contributed by atoms with Gasteiger partial charge in [0, 0.05) is 0 Å². The van der Waals surface area contributed by atoms with Crippen LogP contribution >= 0.6 is 0 Å². The molecule has 0 aliphatic heterocycles. The molecule has 0 aromatic heterocycles. The number of aliphatic hydroxyl groups excluding tert-OH is 3. The van der Waals surface area contributed by atoms with E-state index in [1.54, 1.807) is 0 Å². The second-order valence-electron chi connectivity index (χ2n) is 1.63. The largest absolute Gasteiger partial charge is 0.473 e. The van der Waals surface area contributed by atoms with Crippen LogP contribution in [0, 0.1) is 0 Å². The average molecular weight is 199 g/mol. The molecule has 0 amide bonds. The molecule has 0 unspecified atom stereocenters. The van der Waals surface area contributed by atoms with Gasteiger partial charge in [-0.3, -0.25) is 0 Å². The SMILES string of the molecule is N.O=C(O)C(=O)O.OCC(O)CO. The van der Waals surface area contributed by atoms with E-state index in [0.29, 0.717) is 0 Å². The Labute approximate surface area is 73.6 Å². The van der Waals surface area contributed by atoms with E-state index in [1.807, 2.05) is 0 Å². The van der Waals surface area contributed by atoms with Gasteiger partial charge in [-0.2, -0.15) is 0 Å². The topological polar surface area (TPSA) is 170 Å². The summed E-state index contributed by atoms with van der Waals surface area (Å²) in [5.41, 5.74) is 0. The van der Waals surface area contributed by atoms with E-state index in [1.165, 1.54) is 0 Å².